The van der Waals surface area contributed by atoms with Gasteiger partial charge in [0.15, 0.2) is 5.82 Å². The third-order valence-electron chi connectivity index (χ3n) is 7.99. The van der Waals surface area contributed by atoms with E-state index in [2.05, 4.69) is 38.9 Å². The van der Waals surface area contributed by atoms with Crippen LogP contribution in [-0.4, -0.2) is 63.6 Å². The van der Waals surface area contributed by atoms with Crippen LogP contribution in [0.2, 0.25) is 0 Å². The van der Waals surface area contributed by atoms with Crippen molar-refractivity contribution in [2.24, 2.45) is 5.92 Å². The van der Waals surface area contributed by atoms with Crippen LogP contribution in [0.1, 0.15) is 62.7 Å². The van der Waals surface area contributed by atoms with Crippen molar-refractivity contribution in [2.75, 3.05) is 36.5 Å². The van der Waals surface area contributed by atoms with Gasteiger partial charge in [0.1, 0.15) is 16.7 Å². The average Bonchev–Trinajstić information content (AvgIpc) is 3.70. The summed E-state index contributed by atoms with van der Waals surface area (Å²) in [5, 5.41) is 8.63. The number of pyridine rings is 2. The average molecular weight is 564 g/mol. The van der Waals surface area contributed by atoms with E-state index in [1.54, 1.807) is 4.68 Å². The van der Waals surface area contributed by atoms with Gasteiger partial charge in [-0.1, -0.05) is 31.7 Å². The minimum absolute atomic E-state index is 0.0153. The van der Waals surface area contributed by atoms with Crippen LogP contribution in [0.3, 0.4) is 0 Å². The van der Waals surface area contributed by atoms with Crippen LogP contribution in [-0.2, 0) is 4.74 Å². The molecule has 3 aromatic rings. The van der Waals surface area contributed by atoms with E-state index < -0.39 is 0 Å². The van der Waals surface area contributed by atoms with E-state index in [4.69, 9.17) is 14.5 Å². The lowest BCUT2D eigenvalue weighted by Crippen LogP contribution is -2.40. The van der Waals surface area contributed by atoms with Gasteiger partial charge in [0.2, 0.25) is 5.88 Å². The zero-order valence-electron chi connectivity index (χ0n) is 23.1. The van der Waals surface area contributed by atoms with E-state index in [0.717, 1.165) is 24.6 Å². The highest BCUT2D eigenvalue weighted by molar-refractivity contribution is 7.97. The van der Waals surface area contributed by atoms with Gasteiger partial charge < -0.3 is 19.7 Å². The summed E-state index contributed by atoms with van der Waals surface area (Å²) < 4.78 is 16.9. The number of hydrogen-bond donors (Lipinski definition) is 2. The van der Waals surface area contributed by atoms with Crippen LogP contribution in [0.25, 0.3) is 5.82 Å². The molecule has 3 aromatic heterocycles. The van der Waals surface area contributed by atoms with Crippen molar-refractivity contribution in [1.29, 1.82) is 0 Å². The number of aromatic nitrogens is 4. The van der Waals surface area contributed by atoms with E-state index in [-0.39, 0.29) is 17.6 Å². The van der Waals surface area contributed by atoms with Crippen LogP contribution in [0.4, 0.5) is 11.6 Å². The van der Waals surface area contributed by atoms with Crippen LogP contribution in [0, 0.1) is 5.92 Å². The van der Waals surface area contributed by atoms with Gasteiger partial charge in [0.05, 0.1) is 24.9 Å². The molecule has 1 unspecified atom stereocenters. The summed E-state index contributed by atoms with van der Waals surface area (Å²) in [6, 6.07) is 11.2. The van der Waals surface area contributed by atoms with E-state index in [1.165, 1.54) is 37.6 Å². The number of hydrogen-bond acceptors (Lipinski definition) is 9. The summed E-state index contributed by atoms with van der Waals surface area (Å²) in [5.41, 5.74) is 0.238. The Morgan fingerprint density at radius 1 is 1.15 bits per heavy atom. The number of carbonyl (C=O) groups excluding carboxylic acids is 1. The fourth-order valence-corrected chi connectivity index (χ4v) is 6.48. The Hall–Kier alpha value is -3.31. The number of ether oxygens (including phenoxy) is 2. The lowest BCUT2D eigenvalue weighted by atomic mass is 10.0. The fraction of sp³-hybridized carbons (Fsp3) is 0.517. The van der Waals surface area contributed by atoms with Crippen molar-refractivity contribution >= 4 is 29.5 Å². The molecule has 2 N–H and O–H groups in total. The Balaban J connectivity index is 1.27. The number of fused-ring (bicyclic) bond motifs is 6. The largest absolute Gasteiger partial charge is 0.477 e. The van der Waals surface area contributed by atoms with Gasteiger partial charge in [-0.05, 0) is 56.9 Å². The number of nitrogens with one attached hydrogen (secondary N) is 2. The Morgan fingerprint density at radius 3 is 2.90 bits per heavy atom. The third-order valence-corrected chi connectivity index (χ3v) is 8.71. The normalized spacial score (nSPS) is 21.2. The molecule has 0 spiro atoms. The molecule has 6 rings (SSSR count). The Kier molecular flexibility index (Phi) is 7.84. The molecule has 2 aliphatic heterocycles. The molecular weight excluding hydrogens is 526 g/mol. The number of carbonyl (C=O) groups is 1. The van der Waals surface area contributed by atoms with Gasteiger partial charge in [0, 0.05) is 42.8 Å². The molecule has 1 aliphatic carbocycles. The molecule has 11 heteroatoms. The van der Waals surface area contributed by atoms with Crippen LogP contribution in [0.5, 0.6) is 5.88 Å². The molecule has 1 atom stereocenters. The van der Waals surface area contributed by atoms with Gasteiger partial charge in [0.25, 0.3) is 5.91 Å². The molecule has 1 saturated carbocycles. The van der Waals surface area contributed by atoms with E-state index in [9.17, 15) is 4.79 Å². The van der Waals surface area contributed by atoms with Crippen molar-refractivity contribution in [2.45, 2.75) is 69.0 Å². The molecule has 1 saturated heterocycles. The summed E-state index contributed by atoms with van der Waals surface area (Å²) in [7, 11) is 0. The predicted molar refractivity (Wildman–Crippen MR) is 155 cm³/mol. The van der Waals surface area contributed by atoms with Crippen molar-refractivity contribution in [3.63, 3.8) is 0 Å². The first-order valence-electron chi connectivity index (χ1n) is 14.2. The third kappa shape index (κ3) is 6.05. The summed E-state index contributed by atoms with van der Waals surface area (Å²) in [5.74, 6) is 3.12. The topological polar surface area (TPSA) is 106 Å². The van der Waals surface area contributed by atoms with Gasteiger partial charge in [-0.3, -0.25) is 9.52 Å². The van der Waals surface area contributed by atoms with Gasteiger partial charge in [-0.25, -0.2) is 14.6 Å². The zero-order chi connectivity index (χ0) is 27.5. The minimum atomic E-state index is -0.257. The van der Waals surface area contributed by atoms with Crippen molar-refractivity contribution in [3.8, 4) is 11.7 Å². The van der Waals surface area contributed by atoms with E-state index in [0.29, 0.717) is 54.4 Å². The summed E-state index contributed by atoms with van der Waals surface area (Å²) in [6.45, 7) is 6.85. The van der Waals surface area contributed by atoms with E-state index >= 15 is 0 Å². The fourth-order valence-electron chi connectivity index (χ4n) is 5.89. The second kappa shape index (κ2) is 11.7. The van der Waals surface area contributed by atoms with Crippen LogP contribution in [0.15, 0.2) is 47.6 Å². The monoisotopic (exact) mass is 563 g/mol. The maximum absolute atomic E-state index is 13.5. The highest BCUT2D eigenvalue weighted by Gasteiger charge is 2.41. The van der Waals surface area contributed by atoms with Gasteiger partial charge in [-0.15, -0.1) is 5.10 Å². The minimum Gasteiger partial charge on any atom is -0.477 e. The quantitative estimate of drug-likeness (QED) is 0.421. The maximum Gasteiger partial charge on any atom is 0.265 e. The molecule has 3 aliphatic rings. The van der Waals surface area contributed by atoms with E-state index in [1.807, 2.05) is 42.6 Å². The van der Waals surface area contributed by atoms with Crippen molar-refractivity contribution < 1.29 is 14.3 Å². The number of anilines is 2. The Morgan fingerprint density at radius 2 is 2.02 bits per heavy atom. The molecule has 1 amide bonds. The number of nitrogens with zero attached hydrogens (tertiary/aromatic N) is 5. The SMILES string of the molecule is CC1(C)CC2CN1c1nc(-n3ccc(OCCC4CCCC4)n3)ccc1C(=O)NSc1cccc(n1)NCCO2. The number of amides is 1. The maximum atomic E-state index is 13.5. The summed E-state index contributed by atoms with van der Waals surface area (Å²) in [4.78, 5) is 25.2. The van der Waals surface area contributed by atoms with Crippen LogP contribution < -0.4 is 19.7 Å². The lowest BCUT2D eigenvalue weighted by Gasteiger charge is -2.33. The standard InChI is InChI=1S/C29H37N7O3S/c1-29(2)18-21-19-35(29)27-22(28(37)34-40-26-9-5-8-23(31-26)30-14-17-38-21)10-11-24(32-27)36-15-12-25(33-36)39-16-13-20-6-3-4-7-20/h5,8-12,15,20-21H,3-4,6-7,13-14,16-19H2,1-2H3,(H,30,31)(H,34,37). The van der Waals surface area contributed by atoms with Crippen molar-refractivity contribution in [3.05, 3.63) is 48.2 Å². The second-order valence-electron chi connectivity index (χ2n) is 11.4. The summed E-state index contributed by atoms with van der Waals surface area (Å²) in [6.07, 6.45) is 9.05. The number of rotatable bonds is 5. The van der Waals surface area contributed by atoms with Crippen LogP contribution >= 0.6 is 11.9 Å². The second-order valence-corrected chi connectivity index (χ2v) is 12.2. The molecule has 4 bridgehead atoms. The zero-order valence-corrected chi connectivity index (χ0v) is 24.0. The molecule has 212 valence electrons. The first kappa shape index (κ1) is 26.9. The molecule has 5 heterocycles. The highest BCUT2D eigenvalue weighted by Crippen LogP contribution is 2.37. The molecule has 0 aromatic carbocycles. The predicted octanol–water partition coefficient (Wildman–Crippen LogP) is 4.86. The smallest absolute Gasteiger partial charge is 0.265 e. The Labute approximate surface area is 239 Å². The first-order chi connectivity index (χ1) is 19.4. The summed E-state index contributed by atoms with van der Waals surface area (Å²) >= 11 is 1.19. The Bertz CT molecular complexity index is 1340. The molecular formula is C29H37N7O3S. The molecule has 40 heavy (non-hydrogen) atoms. The first-order valence-corrected chi connectivity index (χ1v) is 15.0. The molecule has 10 nitrogen and oxygen atoms in total. The van der Waals surface area contributed by atoms with Gasteiger partial charge in [-0.2, -0.15) is 0 Å². The van der Waals surface area contributed by atoms with Crippen molar-refractivity contribution in [1.82, 2.24) is 24.5 Å². The van der Waals surface area contributed by atoms with Gasteiger partial charge >= 0.3 is 0 Å². The lowest BCUT2D eigenvalue weighted by molar-refractivity contribution is 0.0710. The molecule has 0 radical (unpaired) electrons. The highest BCUT2D eigenvalue weighted by atomic mass is 32.2. The molecule has 2 fully saturated rings.